The lowest BCUT2D eigenvalue weighted by Crippen LogP contribution is -2.28. The van der Waals surface area contributed by atoms with Crippen molar-refractivity contribution in [2.75, 3.05) is 37.8 Å². The van der Waals surface area contributed by atoms with Crippen LogP contribution in [0, 0.1) is 12.8 Å². The molecule has 1 aromatic heterocycles. The molecule has 2 aromatic carbocycles. The number of aryl methyl sites for hydroxylation is 1. The SMILES string of the molecule is Cc1cnc(NC2CCC(CC(=O)c3ccc(CC(=O)/C=C/CN(C)C)cc3)CC2)nc1C1CNc2ccccc21. The highest BCUT2D eigenvalue weighted by atomic mass is 16.1. The van der Waals surface area contributed by atoms with E-state index in [0.29, 0.717) is 30.7 Å². The first-order valence-electron chi connectivity index (χ1n) is 14.7. The summed E-state index contributed by atoms with van der Waals surface area (Å²) in [6.45, 7) is 3.68. The van der Waals surface area contributed by atoms with E-state index in [1.807, 2.05) is 55.5 Å². The average Bonchev–Trinajstić information content (AvgIpc) is 3.39. The summed E-state index contributed by atoms with van der Waals surface area (Å²) in [5.41, 5.74) is 6.33. The minimum atomic E-state index is 0.0735. The van der Waals surface area contributed by atoms with Crippen LogP contribution in [0.1, 0.15) is 70.8 Å². The second-order valence-electron chi connectivity index (χ2n) is 11.8. The quantitative estimate of drug-likeness (QED) is 0.230. The number of hydrogen-bond acceptors (Lipinski definition) is 7. The van der Waals surface area contributed by atoms with Crippen molar-refractivity contribution in [3.05, 3.63) is 94.8 Å². The molecule has 1 saturated carbocycles. The Balaban J connectivity index is 1.10. The number of carbonyl (C=O) groups excluding carboxylic acids is 2. The van der Waals surface area contributed by atoms with Gasteiger partial charge in [0.05, 0.1) is 5.69 Å². The van der Waals surface area contributed by atoms with E-state index >= 15 is 0 Å². The minimum Gasteiger partial charge on any atom is -0.384 e. The Morgan fingerprint density at radius 2 is 1.80 bits per heavy atom. The van der Waals surface area contributed by atoms with Gasteiger partial charge in [-0.3, -0.25) is 9.59 Å². The van der Waals surface area contributed by atoms with Crippen LogP contribution >= 0.6 is 0 Å². The number of ketones is 2. The van der Waals surface area contributed by atoms with Crippen LogP contribution in [0.25, 0.3) is 0 Å². The van der Waals surface area contributed by atoms with Gasteiger partial charge in [0.15, 0.2) is 11.6 Å². The summed E-state index contributed by atoms with van der Waals surface area (Å²) >= 11 is 0. The summed E-state index contributed by atoms with van der Waals surface area (Å²) in [5, 5.41) is 7.08. The van der Waals surface area contributed by atoms with E-state index < -0.39 is 0 Å². The Morgan fingerprint density at radius 1 is 1.05 bits per heavy atom. The first-order chi connectivity index (χ1) is 19.9. The van der Waals surface area contributed by atoms with Crippen LogP contribution in [0.15, 0.2) is 66.9 Å². The largest absolute Gasteiger partial charge is 0.384 e. The van der Waals surface area contributed by atoms with Crippen molar-refractivity contribution in [2.24, 2.45) is 5.92 Å². The van der Waals surface area contributed by atoms with Crippen molar-refractivity contribution < 1.29 is 9.59 Å². The molecular weight excluding hydrogens is 510 g/mol. The first-order valence-corrected chi connectivity index (χ1v) is 14.7. The van der Waals surface area contributed by atoms with Gasteiger partial charge in [-0.1, -0.05) is 48.5 Å². The molecule has 2 N–H and O–H groups in total. The van der Waals surface area contributed by atoms with E-state index in [4.69, 9.17) is 4.98 Å². The van der Waals surface area contributed by atoms with Gasteiger partial charge in [-0.05, 0) is 81.5 Å². The number of fused-ring (bicyclic) bond motifs is 1. The number of nitrogens with one attached hydrogen (secondary N) is 2. The lowest BCUT2D eigenvalue weighted by molar-refractivity contribution is -0.114. The molecule has 1 unspecified atom stereocenters. The fraction of sp³-hybridized carbons (Fsp3) is 0.412. The Labute approximate surface area is 243 Å². The molecule has 0 radical (unpaired) electrons. The van der Waals surface area contributed by atoms with Gasteiger partial charge in [-0.25, -0.2) is 9.97 Å². The number of likely N-dealkylation sites (N-methyl/N-ethyl adjacent to an activating group) is 1. The van der Waals surface area contributed by atoms with Crippen molar-refractivity contribution in [1.82, 2.24) is 14.9 Å². The van der Waals surface area contributed by atoms with Crippen LogP contribution in [0.2, 0.25) is 0 Å². The summed E-state index contributed by atoms with van der Waals surface area (Å²) in [5.74, 6) is 1.57. The van der Waals surface area contributed by atoms with Crippen LogP contribution in [-0.4, -0.2) is 59.7 Å². The third-order valence-electron chi connectivity index (χ3n) is 8.26. The van der Waals surface area contributed by atoms with Gasteiger partial charge >= 0.3 is 0 Å². The molecule has 1 aliphatic carbocycles. The van der Waals surface area contributed by atoms with E-state index in [1.54, 1.807) is 6.08 Å². The minimum absolute atomic E-state index is 0.0735. The Hall–Kier alpha value is -3.84. The summed E-state index contributed by atoms with van der Waals surface area (Å²) in [6.07, 6.45) is 10.4. The van der Waals surface area contributed by atoms with Crippen molar-refractivity contribution >= 4 is 23.2 Å². The molecule has 2 aliphatic rings. The van der Waals surface area contributed by atoms with Crippen LogP contribution in [-0.2, 0) is 11.2 Å². The Bertz CT molecular complexity index is 1390. The van der Waals surface area contributed by atoms with Crippen LogP contribution in [0.5, 0.6) is 0 Å². The third kappa shape index (κ3) is 7.47. The van der Waals surface area contributed by atoms with Crippen molar-refractivity contribution in [1.29, 1.82) is 0 Å². The Morgan fingerprint density at radius 3 is 2.56 bits per heavy atom. The molecule has 5 rings (SSSR count). The van der Waals surface area contributed by atoms with Crippen molar-refractivity contribution in [3.8, 4) is 0 Å². The topological polar surface area (TPSA) is 87.2 Å². The molecule has 214 valence electrons. The predicted octanol–water partition coefficient (Wildman–Crippen LogP) is 5.82. The van der Waals surface area contributed by atoms with Crippen LogP contribution in [0.4, 0.5) is 11.6 Å². The fourth-order valence-corrected chi connectivity index (χ4v) is 5.94. The van der Waals surface area contributed by atoms with E-state index in [-0.39, 0.29) is 17.5 Å². The number of Topliss-reactive ketones (excluding diaryl/α,β-unsaturated/α-hetero) is 1. The lowest BCUT2D eigenvalue weighted by atomic mass is 9.82. The van der Waals surface area contributed by atoms with E-state index in [1.165, 1.54) is 11.3 Å². The number of benzene rings is 2. The lowest BCUT2D eigenvalue weighted by Gasteiger charge is -2.29. The highest BCUT2D eigenvalue weighted by Crippen LogP contribution is 2.36. The molecule has 7 heteroatoms. The van der Waals surface area contributed by atoms with Crippen molar-refractivity contribution in [3.63, 3.8) is 0 Å². The van der Waals surface area contributed by atoms with Gasteiger partial charge in [0, 0.05) is 55.3 Å². The Kier molecular flexibility index (Phi) is 9.24. The van der Waals surface area contributed by atoms with Gasteiger partial charge in [-0.15, -0.1) is 0 Å². The number of aromatic nitrogens is 2. The second-order valence-corrected chi connectivity index (χ2v) is 11.8. The summed E-state index contributed by atoms with van der Waals surface area (Å²) in [4.78, 5) is 36.7. The second kappa shape index (κ2) is 13.2. The third-order valence-corrected chi connectivity index (χ3v) is 8.26. The number of hydrogen-bond donors (Lipinski definition) is 2. The maximum atomic E-state index is 13.0. The zero-order chi connectivity index (χ0) is 28.8. The number of anilines is 2. The molecule has 1 aliphatic heterocycles. The highest BCUT2D eigenvalue weighted by molar-refractivity contribution is 5.96. The fourth-order valence-electron chi connectivity index (χ4n) is 5.94. The standard InChI is InChI=1S/C34H41N5O2/c1-23-21-36-34(38-33(23)30-22-35-31-9-5-4-8-29(30)31)37-27-16-12-25(13-17-27)20-32(41)26-14-10-24(11-15-26)19-28(40)7-6-18-39(2)3/h4-11,14-15,21,25,27,30,35H,12-13,16-20,22H2,1-3H3,(H,36,37,38)/b7-6+. The zero-order valence-corrected chi connectivity index (χ0v) is 24.4. The first kappa shape index (κ1) is 28.7. The number of rotatable bonds is 11. The molecule has 0 spiro atoms. The molecule has 1 fully saturated rings. The smallest absolute Gasteiger partial charge is 0.223 e. The van der Waals surface area contributed by atoms with Crippen LogP contribution in [0.3, 0.4) is 0 Å². The monoisotopic (exact) mass is 551 g/mol. The normalized spacial score (nSPS) is 20.1. The summed E-state index contributed by atoms with van der Waals surface area (Å²) < 4.78 is 0. The van der Waals surface area contributed by atoms with Gasteiger partial charge in [0.1, 0.15) is 0 Å². The molecular formula is C34H41N5O2. The van der Waals surface area contributed by atoms with Gasteiger partial charge in [0.25, 0.3) is 0 Å². The molecule has 3 aromatic rings. The summed E-state index contributed by atoms with van der Waals surface area (Å²) in [6, 6.07) is 16.3. The molecule has 7 nitrogen and oxygen atoms in total. The predicted molar refractivity (Wildman–Crippen MR) is 165 cm³/mol. The van der Waals surface area contributed by atoms with E-state index in [0.717, 1.165) is 61.2 Å². The molecule has 41 heavy (non-hydrogen) atoms. The van der Waals surface area contributed by atoms with Gasteiger partial charge in [0.2, 0.25) is 5.95 Å². The number of carbonyl (C=O) groups is 2. The molecule has 2 heterocycles. The van der Waals surface area contributed by atoms with Crippen molar-refractivity contribution in [2.45, 2.75) is 57.4 Å². The van der Waals surface area contributed by atoms with Gasteiger partial charge < -0.3 is 15.5 Å². The average molecular weight is 552 g/mol. The highest BCUT2D eigenvalue weighted by Gasteiger charge is 2.28. The maximum absolute atomic E-state index is 13.0. The maximum Gasteiger partial charge on any atom is 0.223 e. The molecule has 0 amide bonds. The van der Waals surface area contributed by atoms with E-state index in [9.17, 15) is 9.59 Å². The number of allylic oxidation sites excluding steroid dienone is 1. The molecule has 0 bridgehead atoms. The number of para-hydroxylation sites is 1. The van der Waals surface area contributed by atoms with Crippen LogP contribution < -0.4 is 10.6 Å². The summed E-state index contributed by atoms with van der Waals surface area (Å²) in [7, 11) is 3.94. The zero-order valence-electron chi connectivity index (χ0n) is 24.4. The molecule has 1 atom stereocenters. The van der Waals surface area contributed by atoms with Gasteiger partial charge in [-0.2, -0.15) is 0 Å². The molecule has 0 saturated heterocycles. The number of nitrogens with zero attached hydrogens (tertiary/aromatic N) is 3. The van der Waals surface area contributed by atoms with E-state index in [2.05, 4.69) is 46.8 Å².